The Morgan fingerprint density at radius 3 is 1.85 bits per heavy atom. The Balaban J connectivity index is 4.76. The molecule has 1 amide bonds. The van der Waals surface area contributed by atoms with Crippen LogP contribution >= 0.6 is 7.82 Å². The molecule has 0 aromatic carbocycles. The summed E-state index contributed by atoms with van der Waals surface area (Å²) < 4.78 is 23.0. The van der Waals surface area contributed by atoms with Crippen LogP contribution in [0.1, 0.15) is 123 Å². The van der Waals surface area contributed by atoms with Crippen molar-refractivity contribution in [3.8, 4) is 0 Å². The van der Waals surface area contributed by atoms with Crippen LogP contribution in [0.2, 0.25) is 0 Å². The number of amides is 1. The fraction of sp³-hybridized carbons (Fsp3) is 0.651. The van der Waals surface area contributed by atoms with Gasteiger partial charge in [-0.15, -0.1) is 0 Å². The van der Waals surface area contributed by atoms with Crippen molar-refractivity contribution in [2.24, 2.45) is 0 Å². The number of nitrogens with one attached hydrogen (secondary N) is 1. The maximum Gasteiger partial charge on any atom is 0.268 e. The lowest BCUT2D eigenvalue weighted by atomic mass is 10.1. The van der Waals surface area contributed by atoms with Gasteiger partial charge in [-0.2, -0.15) is 0 Å². The molecule has 0 aromatic rings. The van der Waals surface area contributed by atoms with E-state index in [2.05, 4.69) is 67.8 Å². The van der Waals surface area contributed by atoms with Crippen molar-refractivity contribution in [2.45, 2.75) is 141 Å². The first-order valence-corrected chi connectivity index (χ1v) is 21.5. The number of hydrogen-bond acceptors (Lipinski definition) is 7. The predicted molar refractivity (Wildman–Crippen MR) is 220 cm³/mol. The topological polar surface area (TPSA) is 128 Å². The van der Waals surface area contributed by atoms with Gasteiger partial charge in [0.05, 0.1) is 46.0 Å². The fourth-order valence-electron chi connectivity index (χ4n) is 4.96. The van der Waals surface area contributed by atoms with E-state index in [1.165, 1.54) is 44.9 Å². The summed E-state index contributed by atoms with van der Waals surface area (Å²) in [6.07, 6.45) is 42.4. The van der Waals surface area contributed by atoms with Gasteiger partial charge in [0.25, 0.3) is 7.82 Å². The highest BCUT2D eigenvalue weighted by Gasteiger charge is 2.23. The van der Waals surface area contributed by atoms with Crippen molar-refractivity contribution in [1.82, 2.24) is 5.32 Å². The Morgan fingerprint density at radius 2 is 1.28 bits per heavy atom. The van der Waals surface area contributed by atoms with E-state index in [1.54, 1.807) is 18.2 Å². The minimum Gasteiger partial charge on any atom is -0.756 e. The van der Waals surface area contributed by atoms with Gasteiger partial charge >= 0.3 is 0 Å². The van der Waals surface area contributed by atoms with E-state index in [9.17, 15) is 24.5 Å². The molecule has 10 heteroatoms. The quantitative estimate of drug-likeness (QED) is 0.0196. The van der Waals surface area contributed by atoms with Crippen LogP contribution in [-0.4, -0.2) is 79.8 Å². The molecule has 0 aliphatic carbocycles. The highest BCUT2D eigenvalue weighted by atomic mass is 31.2. The van der Waals surface area contributed by atoms with Crippen LogP contribution in [0.15, 0.2) is 85.1 Å². The highest BCUT2D eigenvalue weighted by molar-refractivity contribution is 7.45. The number of unbranched alkanes of at least 4 members (excludes halogenated alkanes) is 9. The minimum atomic E-state index is -4.65. The maximum atomic E-state index is 12.8. The van der Waals surface area contributed by atoms with Gasteiger partial charge in [-0.1, -0.05) is 150 Å². The van der Waals surface area contributed by atoms with Crippen LogP contribution in [0, 0.1) is 0 Å². The number of phosphoric acid groups is 1. The van der Waals surface area contributed by atoms with Gasteiger partial charge in [-0.25, -0.2) is 0 Å². The normalized spacial score (nSPS) is 16.0. The van der Waals surface area contributed by atoms with E-state index in [0.29, 0.717) is 11.0 Å². The molecule has 0 spiro atoms. The van der Waals surface area contributed by atoms with E-state index in [1.807, 2.05) is 39.4 Å². The van der Waals surface area contributed by atoms with Crippen molar-refractivity contribution in [2.75, 3.05) is 40.9 Å². The summed E-state index contributed by atoms with van der Waals surface area (Å²) >= 11 is 0. The van der Waals surface area contributed by atoms with E-state index in [-0.39, 0.29) is 19.4 Å². The first-order chi connectivity index (χ1) is 25.4. The van der Waals surface area contributed by atoms with Crippen LogP contribution in [0.4, 0.5) is 0 Å². The number of allylic oxidation sites excluding steroid dienone is 12. The minimum absolute atomic E-state index is 0.0163. The Kier molecular flexibility index (Phi) is 32.6. The summed E-state index contributed by atoms with van der Waals surface area (Å²) in [5.74, 6) is -0.431. The molecular weight excluding hydrogens is 687 g/mol. The monoisotopic (exact) mass is 763 g/mol. The number of aliphatic hydroxyl groups excluding tert-OH is 2. The first-order valence-electron chi connectivity index (χ1n) is 20.1. The number of aliphatic hydroxyl groups is 2. The first kappa shape index (κ1) is 50.6. The van der Waals surface area contributed by atoms with E-state index in [4.69, 9.17) is 9.05 Å². The highest BCUT2D eigenvalue weighted by Crippen LogP contribution is 2.38. The zero-order chi connectivity index (χ0) is 39.5. The van der Waals surface area contributed by atoms with Crippen molar-refractivity contribution in [3.63, 3.8) is 0 Å². The zero-order valence-corrected chi connectivity index (χ0v) is 34.7. The molecule has 53 heavy (non-hydrogen) atoms. The summed E-state index contributed by atoms with van der Waals surface area (Å²) in [4.78, 5) is 25.2. The summed E-state index contributed by atoms with van der Waals surface area (Å²) in [7, 11) is 1.10. The summed E-state index contributed by atoms with van der Waals surface area (Å²) in [6, 6.07) is -1.01. The van der Waals surface area contributed by atoms with Crippen LogP contribution in [0.5, 0.6) is 0 Å². The second kappa shape index (κ2) is 34.2. The number of nitrogens with zero attached hydrogens (tertiary/aromatic N) is 1. The third-order valence-corrected chi connectivity index (χ3v) is 9.19. The Morgan fingerprint density at radius 1 is 0.736 bits per heavy atom. The van der Waals surface area contributed by atoms with E-state index >= 15 is 0 Å². The lowest BCUT2D eigenvalue weighted by Crippen LogP contribution is -2.46. The maximum absolute atomic E-state index is 12.8. The van der Waals surface area contributed by atoms with Crippen LogP contribution in [0.25, 0.3) is 0 Å². The molecule has 0 aliphatic rings. The molecule has 0 saturated carbocycles. The molecule has 0 aliphatic heterocycles. The number of phosphoric ester groups is 1. The molecule has 4 atom stereocenters. The van der Waals surface area contributed by atoms with Crippen molar-refractivity contribution in [3.05, 3.63) is 85.1 Å². The third kappa shape index (κ3) is 36.4. The van der Waals surface area contributed by atoms with Gasteiger partial charge in [-0.3, -0.25) is 9.36 Å². The fourth-order valence-corrected chi connectivity index (χ4v) is 5.68. The van der Waals surface area contributed by atoms with Gasteiger partial charge in [0.1, 0.15) is 13.2 Å². The molecule has 0 saturated heterocycles. The standard InChI is InChI=1S/C43H75N2O7P/c1-6-8-10-12-14-16-18-19-20-21-22-24-25-27-29-31-33-40(46)35-36-43(48)44-41(39-52-53(49,50)51-38-37-45(3,4)5)42(47)34-32-30-28-26-23-17-15-13-11-9-7-2/h8,10,14,16,19-20,22,24,27,29,31-34,40-42,46-47H,6-7,9,11-13,15,17-18,21,23,25-26,28,30,35-39H2,1-5H3,(H-,44,48,49,50)/b10-8-,16-14-,20-19-,24-22-,29-27-,33-31-,34-32+/t40?,41-,42+/m0/s1. The lowest BCUT2D eigenvalue weighted by Gasteiger charge is -2.29. The van der Waals surface area contributed by atoms with Gasteiger partial charge in [0.2, 0.25) is 5.91 Å². The summed E-state index contributed by atoms with van der Waals surface area (Å²) in [5.41, 5.74) is 0. The number of quaternary nitrogens is 1. The molecule has 9 nitrogen and oxygen atoms in total. The molecule has 0 radical (unpaired) electrons. The van der Waals surface area contributed by atoms with Crippen LogP contribution in [0.3, 0.4) is 0 Å². The molecular formula is C43H75N2O7P. The van der Waals surface area contributed by atoms with Gasteiger partial charge in [0, 0.05) is 6.42 Å². The van der Waals surface area contributed by atoms with Crippen LogP contribution < -0.4 is 10.2 Å². The largest absolute Gasteiger partial charge is 0.756 e. The molecule has 0 fully saturated rings. The number of carbonyl (C=O) groups is 1. The van der Waals surface area contributed by atoms with Crippen LogP contribution in [-0.2, 0) is 18.4 Å². The molecule has 3 N–H and O–H groups in total. The Bertz CT molecular complexity index is 1150. The zero-order valence-electron chi connectivity index (χ0n) is 33.8. The Hall–Kier alpha value is -2.36. The van der Waals surface area contributed by atoms with E-state index < -0.39 is 38.6 Å². The predicted octanol–water partition coefficient (Wildman–Crippen LogP) is 8.97. The molecule has 0 aromatic heterocycles. The number of carbonyl (C=O) groups excluding carboxylic acids is 1. The molecule has 0 heterocycles. The van der Waals surface area contributed by atoms with Crippen molar-refractivity contribution in [1.29, 1.82) is 0 Å². The second-order valence-corrected chi connectivity index (χ2v) is 15.9. The summed E-state index contributed by atoms with van der Waals surface area (Å²) in [5, 5.41) is 23.9. The molecule has 0 rings (SSSR count). The molecule has 304 valence electrons. The number of hydrogen-bond donors (Lipinski definition) is 3. The smallest absolute Gasteiger partial charge is 0.268 e. The lowest BCUT2D eigenvalue weighted by molar-refractivity contribution is -0.870. The average Bonchev–Trinajstić information content (AvgIpc) is 3.10. The number of likely N-dealkylation sites (N-methyl/N-ethyl adjacent to an activating group) is 1. The van der Waals surface area contributed by atoms with Crippen molar-refractivity contribution < 1.29 is 38.0 Å². The third-order valence-electron chi connectivity index (χ3n) is 8.23. The van der Waals surface area contributed by atoms with E-state index in [0.717, 1.165) is 51.4 Å². The van der Waals surface area contributed by atoms with Crippen molar-refractivity contribution >= 4 is 13.7 Å². The molecule has 2 unspecified atom stereocenters. The van der Waals surface area contributed by atoms with Gasteiger partial charge in [-0.05, 0) is 51.4 Å². The van der Waals surface area contributed by atoms with Gasteiger partial charge < -0.3 is 34.0 Å². The number of rotatable bonds is 34. The molecule has 0 bridgehead atoms. The van der Waals surface area contributed by atoms with Gasteiger partial charge in [0.15, 0.2) is 0 Å². The summed E-state index contributed by atoms with van der Waals surface area (Å²) in [6.45, 7) is 4.28. The Labute approximate surface area is 323 Å². The SMILES string of the molecule is CC/C=C\C/C=C\C/C=C\C/C=C\C/C=C\C=C/C(O)CCC(=O)N[C@@H](COP(=O)([O-])OCC[N+](C)(C)C)[C@H](O)/C=C/CCCCCCCCCCC. The second-order valence-electron chi connectivity index (χ2n) is 14.5. The average molecular weight is 763 g/mol.